The van der Waals surface area contributed by atoms with Crippen LogP contribution < -0.4 is 10.3 Å². The summed E-state index contributed by atoms with van der Waals surface area (Å²) in [6, 6.07) is 17.8. The Balaban J connectivity index is 1.58. The highest BCUT2D eigenvalue weighted by Crippen LogP contribution is 2.34. The third-order valence-electron chi connectivity index (χ3n) is 5.76. The first-order valence-corrected chi connectivity index (χ1v) is 12.7. The molecule has 0 saturated carbocycles. The number of benzene rings is 2. The minimum atomic E-state index is 0.00449. The zero-order valence-corrected chi connectivity index (χ0v) is 20.3. The van der Waals surface area contributed by atoms with E-state index in [1.807, 2.05) is 42.5 Å². The van der Waals surface area contributed by atoms with Crippen LogP contribution in [0.5, 0.6) is 5.75 Å². The highest BCUT2D eigenvalue weighted by atomic mass is 32.2. The van der Waals surface area contributed by atoms with E-state index in [0.29, 0.717) is 16.7 Å². The van der Waals surface area contributed by atoms with Crippen molar-refractivity contribution in [3.63, 3.8) is 0 Å². The topological polar surface area (TPSA) is 47.4 Å². The number of methoxy groups -OCH3 is 1. The number of hydrogen-bond donors (Lipinski definition) is 0. The monoisotopic (exact) mass is 475 g/mol. The van der Waals surface area contributed by atoms with Crippen LogP contribution in [-0.4, -0.2) is 40.9 Å². The van der Waals surface area contributed by atoms with Crippen LogP contribution in [0.15, 0.2) is 70.6 Å². The molecule has 5 nitrogen and oxygen atoms in total. The van der Waals surface area contributed by atoms with Crippen molar-refractivity contribution in [3.05, 3.63) is 87.0 Å². The normalized spacial score (nSPS) is 14.1. The second-order valence-corrected chi connectivity index (χ2v) is 10.1. The molecule has 0 N–H and O–H groups in total. The third kappa shape index (κ3) is 4.49. The maximum atomic E-state index is 13.9. The van der Waals surface area contributed by atoms with Crippen LogP contribution in [0.4, 0.5) is 0 Å². The van der Waals surface area contributed by atoms with Crippen molar-refractivity contribution in [2.24, 2.45) is 0 Å². The Hall–Kier alpha value is -2.87. The van der Waals surface area contributed by atoms with Gasteiger partial charge in [-0.3, -0.25) is 9.36 Å². The number of thioether (sulfide) groups is 1. The van der Waals surface area contributed by atoms with Gasteiger partial charge >= 0.3 is 0 Å². The molecule has 0 aliphatic carbocycles. The predicted molar refractivity (Wildman–Crippen MR) is 138 cm³/mol. The molecule has 0 atom stereocenters. The van der Waals surface area contributed by atoms with Gasteiger partial charge in [-0.15, -0.1) is 11.3 Å². The highest BCUT2D eigenvalue weighted by molar-refractivity contribution is 7.99. The Kier molecular flexibility index (Phi) is 6.35. The summed E-state index contributed by atoms with van der Waals surface area (Å²) in [6.07, 6.45) is 5.09. The SMILES string of the molecule is COc1cccc(-n2c(SCC=Cc3ccccc3)nc3sc4c(c3c2=O)CCN(C)C4)c1. The van der Waals surface area contributed by atoms with E-state index in [2.05, 4.69) is 36.2 Å². The van der Waals surface area contributed by atoms with Gasteiger partial charge in [0.1, 0.15) is 10.6 Å². The summed E-state index contributed by atoms with van der Waals surface area (Å²) in [5, 5.41) is 1.47. The lowest BCUT2D eigenvalue weighted by Crippen LogP contribution is -2.27. The Labute approximate surface area is 201 Å². The van der Waals surface area contributed by atoms with Crippen molar-refractivity contribution in [3.8, 4) is 11.4 Å². The van der Waals surface area contributed by atoms with E-state index in [1.54, 1.807) is 34.8 Å². The first kappa shape index (κ1) is 21.9. The summed E-state index contributed by atoms with van der Waals surface area (Å²) in [4.78, 5) is 23.2. The van der Waals surface area contributed by atoms with E-state index >= 15 is 0 Å². The van der Waals surface area contributed by atoms with Crippen molar-refractivity contribution in [2.45, 2.75) is 18.1 Å². The fourth-order valence-electron chi connectivity index (χ4n) is 4.10. The molecule has 5 rings (SSSR count). The zero-order chi connectivity index (χ0) is 22.8. The fourth-order valence-corrected chi connectivity index (χ4v) is 6.26. The Morgan fingerprint density at radius 1 is 1.18 bits per heavy atom. The third-order valence-corrected chi connectivity index (χ3v) is 7.77. The molecular formula is C26H25N3O2S2. The van der Waals surface area contributed by atoms with E-state index in [4.69, 9.17) is 9.72 Å². The van der Waals surface area contributed by atoms with E-state index in [0.717, 1.165) is 41.0 Å². The van der Waals surface area contributed by atoms with Gasteiger partial charge in [0.15, 0.2) is 5.16 Å². The van der Waals surface area contributed by atoms with Crippen LogP contribution in [0, 0.1) is 0 Å². The van der Waals surface area contributed by atoms with Gasteiger partial charge in [0, 0.05) is 29.8 Å². The molecule has 33 heavy (non-hydrogen) atoms. The number of likely N-dealkylation sites (N-methyl/N-ethyl adjacent to an activating group) is 1. The molecule has 4 aromatic rings. The molecule has 7 heteroatoms. The Morgan fingerprint density at radius 3 is 2.85 bits per heavy atom. The molecular weight excluding hydrogens is 450 g/mol. The quantitative estimate of drug-likeness (QED) is 0.282. The van der Waals surface area contributed by atoms with Crippen LogP contribution in [-0.2, 0) is 13.0 Å². The summed E-state index contributed by atoms with van der Waals surface area (Å²) < 4.78 is 7.17. The lowest BCUT2D eigenvalue weighted by atomic mass is 10.1. The van der Waals surface area contributed by atoms with Gasteiger partial charge in [0.25, 0.3) is 5.56 Å². The molecule has 0 amide bonds. The highest BCUT2D eigenvalue weighted by Gasteiger charge is 2.24. The van der Waals surface area contributed by atoms with E-state index in [1.165, 1.54) is 10.4 Å². The smallest absolute Gasteiger partial charge is 0.267 e. The summed E-state index contributed by atoms with van der Waals surface area (Å²) >= 11 is 3.23. The molecule has 168 valence electrons. The number of hydrogen-bond acceptors (Lipinski definition) is 6. The van der Waals surface area contributed by atoms with Crippen LogP contribution in [0.1, 0.15) is 16.0 Å². The molecule has 1 aliphatic heterocycles. The minimum Gasteiger partial charge on any atom is -0.497 e. The number of aromatic nitrogens is 2. The Bertz CT molecular complexity index is 1380. The van der Waals surface area contributed by atoms with Gasteiger partial charge in [0.05, 0.1) is 18.2 Å². The molecule has 3 heterocycles. The molecule has 0 fully saturated rings. The largest absolute Gasteiger partial charge is 0.497 e. The van der Waals surface area contributed by atoms with Crippen molar-refractivity contribution in [1.29, 1.82) is 0 Å². The van der Waals surface area contributed by atoms with Crippen LogP contribution >= 0.6 is 23.1 Å². The molecule has 0 bridgehead atoms. The number of nitrogens with zero attached hydrogens (tertiary/aromatic N) is 3. The van der Waals surface area contributed by atoms with Crippen molar-refractivity contribution >= 4 is 39.4 Å². The second-order valence-electron chi connectivity index (χ2n) is 8.03. The van der Waals surface area contributed by atoms with Crippen molar-refractivity contribution < 1.29 is 4.74 Å². The first-order valence-electron chi connectivity index (χ1n) is 10.9. The van der Waals surface area contributed by atoms with Crippen LogP contribution in [0.3, 0.4) is 0 Å². The summed E-state index contributed by atoms with van der Waals surface area (Å²) in [7, 11) is 3.76. The summed E-state index contributed by atoms with van der Waals surface area (Å²) in [5.74, 6) is 1.43. The van der Waals surface area contributed by atoms with Gasteiger partial charge in [-0.2, -0.15) is 0 Å². The van der Waals surface area contributed by atoms with Crippen LogP contribution in [0.2, 0.25) is 0 Å². The molecule has 0 saturated heterocycles. The number of fused-ring (bicyclic) bond motifs is 3. The fraction of sp³-hybridized carbons (Fsp3) is 0.231. The minimum absolute atomic E-state index is 0.00449. The standard InChI is InChI=1S/C26H25N3O2S2/c1-28-14-13-21-22(17-28)33-24-23(21)25(30)29(19-11-6-12-20(16-19)31-2)26(27-24)32-15-7-10-18-8-4-3-5-9-18/h3-12,16H,13-15,17H2,1-2H3. The molecule has 2 aromatic carbocycles. The summed E-state index contributed by atoms with van der Waals surface area (Å²) in [6.45, 7) is 1.83. The molecule has 0 radical (unpaired) electrons. The average Bonchev–Trinajstić information content (AvgIpc) is 3.20. The number of rotatable bonds is 6. The van der Waals surface area contributed by atoms with Gasteiger partial charge in [-0.25, -0.2) is 4.98 Å². The lowest BCUT2D eigenvalue weighted by Gasteiger charge is -2.21. The number of ether oxygens (including phenoxy) is 1. The van der Waals surface area contributed by atoms with E-state index in [-0.39, 0.29) is 5.56 Å². The average molecular weight is 476 g/mol. The lowest BCUT2D eigenvalue weighted by molar-refractivity contribution is 0.318. The number of thiophene rings is 1. The summed E-state index contributed by atoms with van der Waals surface area (Å²) in [5.41, 5.74) is 3.10. The van der Waals surface area contributed by atoms with Crippen molar-refractivity contribution in [1.82, 2.24) is 14.5 Å². The van der Waals surface area contributed by atoms with E-state index in [9.17, 15) is 4.79 Å². The molecule has 1 aliphatic rings. The van der Waals surface area contributed by atoms with Gasteiger partial charge < -0.3 is 9.64 Å². The zero-order valence-electron chi connectivity index (χ0n) is 18.7. The van der Waals surface area contributed by atoms with Gasteiger partial charge in [-0.1, -0.05) is 60.3 Å². The maximum Gasteiger partial charge on any atom is 0.267 e. The van der Waals surface area contributed by atoms with Crippen LogP contribution in [0.25, 0.3) is 22.0 Å². The predicted octanol–water partition coefficient (Wildman–Crippen LogP) is 5.25. The van der Waals surface area contributed by atoms with Gasteiger partial charge in [-0.05, 0) is 36.7 Å². The van der Waals surface area contributed by atoms with Gasteiger partial charge in [0.2, 0.25) is 0 Å². The first-order chi connectivity index (χ1) is 16.1. The Morgan fingerprint density at radius 2 is 2.03 bits per heavy atom. The molecule has 2 aromatic heterocycles. The molecule has 0 unspecified atom stereocenters. The van der Waals surface area contributed by atoms with E-state index < -0.39 is 0 Å². The van der Waals surface area contributed by atoms with Crippen molar-refractivity contribution in [2.75, 3.05) is 26.5 Å². The molecule has 0 spiro atoms. The maximum absolute atomic E-state index is 13.9. The second kappa shape index (κ2) is 9.55.